The number of carbonyl (C=O) groups is 3. The van der Waals surface area contributed by atoms with Crippen LogP contribution in [0.2, 0.25) is 0 Å². The van der Waals surface area contributed by atoms with Gasteiger partial charge in [0.25, 0.3) is 11.3 Å². The normalized spacial score (nSPS) is 17.4. The molecule has 27 heavy (non-hydrogen) atoms. The van der Waals surface area contributed by atoms with E-state index in [1.165, 1.54) is 17.2 Å². The Bertz CT molecular complexity index is 947. The Labute approximate surface area is 154 Å². The Morgan fingerprint density at radius 2 is 2.07 bits per heavy atom. The molecule has 10 heteroatoms. The highest BCUT2D eigenvalue weighted by Crippen LogP contribution is 2.15. The van der Waals surface area contributed by atoms with Crippen LogP contribution in [-0.4, -0.2) is 63.3 Å². The minimum atomic E-state index is -0.827. The molecule has 0 saturated carbocycles. The summed E-state index contributed by atoms with van der Waals surface area (Å²) in [6, 6.07) is 1.21. The predicted molar refractivity (Wildman–Crippen MR) is 95.9 cm³/mol. The average Bonchev–Trinajstić information content (AvgIpc) is 3.01. The number of fused-ring (bicyclic) bond motifs is 1. The number of nitrogens with zero attached hydrogens (tertiary/aromatic N) is 3. The fourth-order valence-corrected chi connectivity index (χ4v) is 3.04. The Morgan fingerprint density at radius 1 is 1.33 bits per heavy atom. The standard InChI is InChI=1S/C17H21N5O5/c1-9(2)16(25)22-5-4-21(8-10(22)3)17(26)14(24)19-11-6-12-13(23)20-27-15(12)18-7-11/h6-7,9-10H,4-5,8H2,1-3H3,(H,19,24)(H,20,23). The van der Waals surface area contributed by atoms with Gasteiger partial charge in [0.1, 0.15) is 5.39 Å². The molecule has 1 atom stereocenters. The van der Waals surface area contributed by atoms with Crippen molar-refractivity contribution in [3.8, 4) is 0 Å². The van der Waals surface area contributed by atoms with Gasteiger partial charge < -0.3 is 19.6 Å². The van der Waals surface area contributed by atoms with E-state index >= 15 is 0 Å². The van der Waals surface area contributed by atoms with Gasteiger partial charge in [-0.05, 0) is 13.0 Å². The number of aromatic nitrogens is 2. The monoisotopic (exact) mass is 375 g/mol. The molecule has 1 aliphatic rings. The first kappa shape index (κ1) is 18.6. The summed E-state index contributed by atoms with van der Waals surface area (Å²) >= 11 is 0. The Balaban J connectivity index is 1.65. The van der Waals surface area contributed by atoms with Crippen molar-refractivity contribution in [1.82, 2.24) is 19.9 Å². The number of pyridine rings is 1. The SMILES string of the molecule is CC(C)C(=O)N1CCN(C(=O)C(=O)Nc2cnc3o[nH]c(=O)c3c2)CC1C. The third-order valence-electron chi connectivity index (χ3n) is 4.48. The summed E-state index contributed by atoms with van der Waals surface area (Å²) in [6.07, 6.45) is 1.30. The van der Waals surface area contributed by atoms with E-state index in [-0.39, 0.29) is 47.7 Å². The molecule has 2 aromatic rings. The van der Waals surface area contributed by atoms with Crippen molar-refractivity contribution in [2.75, 3.05) is 25.0 Å². The minimum absolute atomic E-state index is 0.0313. The van der Waals surface area contributed by atoms with E-state index in [2.05, 4.69) is 15.5 Å². The van der Waals surface area contributed by atoms with E-state index < -0.39 is 17.4 Å². The van der Waals surface area contributed by atoms with E-state index in [9.17, 15) is 19.2 Å². The topological polar surface area (TPSA) is 129 Å². The summed E-state index contributed by atoms with van der Waals surface area (Å²) in [5, 5.41) is 4.77. The second kappa shape index (κ2) is 7.22. The molecule has 1 fully saturated rings. The van der Waals surface area contributed by atoms with Gasteiger partial charge in [-0.15, -0.1) is 0 Å². The molecule has 1 saturated heterocycles. The number of carbonyl (C=O) groups excluding carboxylic acids is 3. The van der Waals surface area contributed by atoms with Gasteiger partial charge in [-0.25, -0.2) is 4.98 Å². The average molecular weight is 375 g/mol. The summed E-state index contributed by atoms with van der Waals surface area (Å²) in [4.78, 5) is 55.5. The van der Waals surface area contributed by atoms with Gasteiger partial charge in [-0.2, -0.15) is 5.16 Å². The maximum absolute atomic E-state index is 12.4. The summed E-state index contributed by atoms with van der Waals surface area (Å²) < 4.78 is 4.84. The molecular weight excluding hydrogens is 354 g/mol. The lowest BCUT2D eigenvalue weighted by molar-refractivity contribution is -0.148. The van der Waals surface area contributed by atoms with Crippen molar-refractivity contribution in [3.63, 3.8) is 0 Å². The number of H-pyrrole nitrogens is 1. The maximum Gasteiger partial charge on any atom is 0.313 e. The molecule has 10 nitrogen and oxygen atoms in total. The highest BCUT2D eigenvalue weighted by molar-refractivity contribution is 6.39. The Morgan fingerprint density at radius 3 is 2.74 bits per heavy atom. The first-order chi connectivity index (χ1) is 12.8. The van der Waals surface area contributed by atoms with Crippen LogP contribution < -0.4 is 10.9 Å². The number of rotatable bonds is 2. The zero-order valence-corrected chi connectivity index (χ0v) is 15.3. The van der Waals surface area contributed by atoms with Gasteiger partial charge in [0.15, 0.2) is 0 Å². The van der Waals surface area contributed by atoms with E-state index in [4.69, 9.17) is 4.52 Å². The van der Waals surface area contributed by atoms with Gasteiger partial charge in [-0.3, -0.25) is 19.2 Å². The lowest BCUT2D eigenvalue weighted by atomic mass is 10.1. The first-order valence-corrected chi connectivity index (χ1v) is 8.66. The molecule has 144 valence electrons. The van der Waals surface area contributed by atoms with Crippen LogP contribution in [0.4, 0.5) is 5.69 Å². The Hall–Kier alpha value is -3.17. The van der Waals surface area contributed by atoms with Gasteiger partial charge in [-0.1, -0.05) is 13.8 Å². The van der Waals surface area contributed by atoms with Crippen molar-refractivity contribution in [1.29, 1.82) is 0 Å². The van der Waals surface area contributed by atoms with Gasteiger partial charge in [0, 0.05) is 31.6 Å². The zero-order chi connectivity index (χ0) is 19.7. The first-order valence-electron chi connectivity index (χ1n) is 8.66. The molecule has 0 aromatic carbocycles. The highest BCUT2D eigenvalue weighted by atomic mass is 16.5. The summed E-state index contributed by atoms with van der Waals surface area (Å²) in [5.74, 6) is -1.61. The smallest absolute Gasteiger partial charge is 0.313 e. The summed E-state index contributed by atoms with van der Waals surface area (Å²) in [7, 11) is 0. The maximum atomic E-state index is 12.4. The van der Waals surface area contributed by atoms with Crippen LogP contribution >= 0.6 is 0 Å². The van der Waals surface area contributed by atoms with Crippen molar-refractivity contribution in [2.24, 2.45) is 5.92 Å². The summed E-state index contributed by atoms with van der Waals surface area (Å²) in [6.45, 7) is 6.46. The number of piperazine rings is 1. The van der Waals surface area contributed by atoms with Crippen molar-refractivity contribution >= 4 is 34.5 Å². The lowest BCUT2D eigenvalue weighted by Gasteiger charge is -2.40. The third-order valence-corrected chi connectivity index (χ3v) is 4.48. The van der Waals surface area contributed by atoms with Crippen molar-refractivity contribution in [2.45, 2.75) is 26.8 Å². The quantitative estimate of drug-likeness (QED) is 0.720. The van der Waals surface area contributed by atoms with E-state index in [0.717, 1.165) is 0 Å². The van der Waals surface area contributed by atoms with Crippen molar-refractivity contribution in [3.05, 3.63) is 22.6 Å². The van der Waals surface area contributed by atoms with E-state index in [1.54, 1.807) is 4.90 Å². The molecule has 3 rings (SSSR count). The van der Waals surface area contributed by atoms with Gasteiger partial charge >= 0.3 is 11.8 Å². The second-order valence-corrected chi connectivity index (χ2v) is 6.85. The lowest BCUT2D eigenvalue weighted by Crippen LogP contribution is -2.57. The molecule has 2 N–H and O–H groups in total. The van der Waals surface area contributed by atoms with Gasteiger partial charge in [0.2, 0.25) is 5.91 Å². The number of amides is 3. The van der Waals surface area contributed by atoms with Crippen LogP contribution in [0.3, 0.4) is 0 Å². The largest absolute Gasteiger partial charge is 0.358 e. The number of aromatic amines is 1. The number of nitrogens with one attached hydrogen (secondary N) is 2. The number of hydrogen-bond donors (Lipinski definition) is 2. The molecule has 1 aliphatic heterocycles. The van der Waals surface area contributed by atoms with Crippen LogP contribution in [0, 0.1) is 5.92 Å². The predicted octanol–water partition coefficient (Wildman–Crippen LogP) is 0.170. The van der Waals surface area contributed by atoms with E-state index in [1.807, 2.05) is 20.8 Å². The van der Waals surface area contributed by atoms with Gasteiger partial charge in [0.05, 0.1) is 11.9 Å². The fraction of sp³-hybridized carbons (Fsp3) is 0.471. The molecule has 0 spiro atoms. The molecule has 0 radical (unpaired) electrons. The molecule has 3 heterocycles. The molecule has 1 unspecified atom stereocenters. The Kier molecular flexibility index (Phi) is 4.98. The summed E-state index contributed by atoms with van der Waals surface area (Å²) in [5.41, 5.74) is -0.141. The second-order valence-electron chi connectivity index (χ2n) is 6.85. The van der Waals surface area contributed by atoms with Crippen molar-refractivity contribution < 1.29 is 18.9 Å². The zero-order valence-electron chi connectivity index (χ0n) is 15.3. The van der Waals surface area contributed by atoms with Crippen LogP contribution in [0.1, 0.15) is 20.8 Å². The highest BCUT2D eigenvalue weighted by Gasteiger charge is 2.33. The number of anilines is 1. The molecule has 3 amide bonds. The van der Waals surface area contributed by atoms with E-state index in [0.29, 0.717) is 6.54 Å². The molecular formula is C17H21N5O5. The van der Waals surface area contributed by atoms with Crippen LogP contribution in [0.15, 0.2) is 21.6 Å². The number of hydrogen-bond acceptors (Lipinski definition) is 6. The van der Waals surface area contributed by atoms with Crippen LogP contribution in [0.5, 0.6) is 0 Å². The van der Waals surface area contributed by atoms with Crippen LogP contribution in [-0.2, 0) is 14.4 Å². The molecule has 0 aliphatic carbocycles. The third kappa shape index (κ3) is 3.69. The van der Waals surface area contributed by atoms with Crippen LogP contribution in [0.25, 0.3) is 11.1 Å². The molecule has 2 aromatic heterocycles. The fourth-order valence-electron chi connectivity index (χ4n) is 3.04. The minimum Gasteiger partial charge on any atom is -0.358 e. The molecule has 0 bridgehead atoms.